The average Bonchev–Trinajstić information content (AvgIpc) is 2.79. The number of thiazole rings is 1. The Morgan fingerprint density at radius 2 is 2.47 bits per heavy atom. The summed E-state index contributed by atoms with van der Waals surface area (Å²) in [6.07, 6.45) is 0. The lowest BCUT2D eigenvalue weighted by Gasteiger charge is -2.02. The first kappa shape index (κ1) is 10.3. The van der Waals surface area contributed by atoms with E-state index in [2.05, 4.69) is 15.0 Å². The van der Waals surface area contributed by atoms with Gasteiger partial charge in [-0.1, -0.05) is 15.8 Å². The van der Waals surface area contributed by atoms with Crippen LogP contribution in [0.1, 0.15) is 11.4 Å². The van der Waals surface area contributed by atoms with Crippen LogP contribution < -0.4 is 16.1 Å². The lowest BCUT2D eigenvalue weighted by molar-refractivity contribution is 0.732. The van der Waals surface area contributed by atoms with Gasteiger partial charge in [0.15, 0.2) is 0 Å². The Hall–Kier alpha value is -1.25. The third-order valence-electron chi connectivity index (χ3n) is 1.97. The van der Waals surface area contributed by atoms with Crippen LogP contribution in [0.25, 0.3) is 0 Å². The van der Waals surface area contributed by atoms with Crippen molar-refractivity contribution in [2.75, 3.05) is 5.43 Å². The Balaban J connectivity index is 2.33. The molecule has 2 heterocycles. The number of hydrogen-bond donors (Lipinski definition) is 2. The highest BCUT2D eigenvalue weighted by molar-refractivity contribution is 7.10. The van der Waals surface area contributed by atoms with Crippen LogP contribution in [0.3, 0.4) is 0 Å². The highest BCUT2D eigenvalue weighted by Gasteiger charge is 2.10. The second-order valence-electron chi connectivity index (χ2n) is 2.92. The molecule has 0 unspecified atom stereocenters. The van der Waals surface area contributed by atoms with E-state index in [0.717, 1.165) is 5.69 Å². The van der Waals surface area contributed by atoms with Gasteiger partial charge in [0.05, 0.1) is 6.54 Å². The summed E-state index contributed by atoms with van der Waals surface area (Å²) in [6, 6.07) is 0. The van der Waals surface area contributed by atoms with Crippen molar-refractivity contribution >= 4 is 27.9 Å². The number of nitrogens with zero attached hydrogens (tertiary/aromatic N) is 3. The van der Waals surface area contributed by atoms with Crippen LogP contribution in [0, 0.1) is 6.92 Å². The molecule has 80 valence electrons. The minimum Gasteiger partial charge on any atom is -0.313 e. The van der Waals surface area contributed by atoms with Gasteiger partial charge < -0.3 is 5.43 Å². The Labute approximate surface area is 93.5 Å². The van der Waals surface area contributed by atoms with Gasteiger partial charge in [-0.3, -0.25) is 9.36 Å². The van der Waals surface area contributed by atoms with E-state index in [1.807, 2.05) is 12.3 Å². The monoisotopic (exact) mass is 243 g/mol. The van der Waals surface area contributed by atoms with Gasteiger partial charge in [-0.25, -0.2) is 5.84 Å². The summed E-state index contributed by atoms with van der Waals surface area (Å²) in [5.41, 5.74) is 4.11. The molecule has 0 aliphatic carbocycles. The number of aryl methyl sites for hydroxylation is 1. The lowest BCUT2D eigenvalue weighted by atomic mass is 10.4. The fourth-order valence-electron chi connectivity index (χ4n) is 1.17. The molecule has 6 nitrogen and oxygen atoms in total. The van der Waals surface area contributed by atoms with Crippen molar-refractivity contribution < 1.29 is 0 Å². The van der Waals surface area contributed by atoms with E-state index < -0.39 is 0 Å². The predicted octanol–water partition coefficient (Wildman–Crippen LogP) is 0.404. The number of aromatic nitrogens is 3. The lowest BCUT2D eigenvalue weighted by Crippen LogP contribution is -2.17. The third kappa shape index (κ3) is 1.91. The first-order chi connectivity index (χ1) is 7.22. The highest BCUT2D eigenvalue weighted by Crippen LogP contribution is 2.17. The largest absolute Gasteiger partial charge is 0.313 e. The van der Waals surface area contributed by atoms with Crippen LogP contribution in [-0.2, 0) is 6.54 Å². The maximum absolute atomic E-state index is 11.5. The summed E-state index contributed by atoms with van der Waals surface area (Å²) in [5.74, 6) is 5.30. The molecule has 0 fully saturated rings. The molecule has 0 amide bonds. The Morgan fingerprint density at radius 3 is 3.07 bits per heavy atom. The van der Waals surface area contributed by atoms with Crippen molar-refractivity contribution in [1.82, 2.24) is 14.2 Å². The van der Waals surface area contributed by atoms with Gasteiger partial charge in [-0.05, 0) is 6.92 Å². The summed E-state index contributed by atoms with van der Waals surface area (Å²) in [4.78, 5) is 11.5. The second kappa shape index (κ2) is 4.09. The van der Waals surface area contributed by atoms with Crippen molar-refractivity contribution in [2.24, 2.45) is 5.84 Å². The minimum absolute atomic E-state index is 0.00321. The van der Waals surface area contributed by atoms with Crippen LogP contribution >= 0.6 is 22.9 Å². The number of hydrogen-bond acceptors (Lipinski definition) is 7. The van der Waals surface area contributed by atoms with Crippen LogP contribution in [0.15, 0.2) is 10.2 Å². The first-order valence-electron chi connectivity index (χ1n) is 4.15. The Morgan fingerprint density at radius 1 is 1.67 bits per heavy atom. The molecule has 0 radical (unpaired) electrons. The molecule has 0 spiro atoms. The topological polar surface area (TPSA) is 85.8 Å². The van der Waals surface area contributed by atoms with E-state index in [9.17, 15) is 4.79 Å². The number of rotatable bonds is 3. The number of anilines is 1. The minimum atomic E-state index is 0.00321. The molecule has 2 aromatic rings. The maximum Gasteiger partial charge on any atom is 0.307 e. The molecule has 0 aromatic carbocycles. The van der Waals surface area contributed by atoms with E-state index in [1.165, 1.54) is 22.9 Å². The first-order valence-corrected chi connectivity index (χ1v) is 5.80. The van der Waals surface area contributed by atoms with E-state index in [4.69, 9.17) is 5.84 Å². The maximum atomic E-state index is 11.5. The van der Waals surface area contributed by atoms with Gasteiger partial charge in [0.1, 0.15) is 10.7 Å². The summed E-state index contributed by atoms with van der Waals surface area (Å²) < 4.78 is 5.41. The molecule has 0 saturated heterocycles. The summed E-state index contributed by atoms with van der Waals surface area (Å²) in [6.45, 7) is 2.29. The van der Waals surface area contributed by atoms with Crippen LogP contribution in [0.4, 0.5) is 5.00 Å². The summed E-state index contributed by atoms with van der Waals surface area (Å²) in [7, 11) is 0. The van der Waals surface area contributed by atoms with Gasteiger partial charge in [-0.2, -0.15) is 0 Å². The molecule has 3 N–H and O–H groups in total. The molecule has 0 aliphatic rings. The SMILES string of the molecule is Cc1csc(=O)n1Cc1nnsc1NN. The molecule has 0 saturated carbocycles. The molecule has 2 aromatic heterocycles. The van der Waals surface area contributed by atoms with Crippen molar-refractivity contribution in [3.63, 3.8) is 0 Å². The third-order valence-corrected chi connectivity index (χ3v) is 3.55. The average molecular weight is 243 g/mol. The Kier molecular flexibility index (Phi) is 2.80. The van der Waals surface area contributed by atoms with Crippen molar-refractivity contribution in [1.29, 1.82) is 0 Å². The van der Waals surface area contributed by atoms with Crippen LogP contribution in [-0.4, -0.2) is 14.2 Å². The fraction of sp³-hybridized carbons (Fsp3) is 0.286. The van der Waals surface area contributed by atoms with Gasteiger partial charge in [-0.15, -0.1) is 5.10 Å². The zero-order valence-corrected chi connectivity index (χ0v) is 9.56. The van der Waals surface area contributed by atoms with Gasteiger partial charge in [0, 0.05) is 22.6 Å². The standard InChI is InChI=1S/C7H9N5OS2/c1-4-3-14-7(13)12(4)2-5-6(9-8)15-11-10-5/h3,9H,2,8H2,1H3. The molecular formula is C7H9N5OS2. The van der Waals surface area contributed by atoms with Gasteiger partial charge >= 0.3 is 4.87 Å². The summed E-state index contributed by atoms with van der Waals surface area (Å²) >= 11 is 2.35. The molecule has 2 rings (SSSR count). The van der Waals surface area contributed by atoms with E-state index in [-0.39, 0.29) is 4.87 Å². The predicted molar refractivity (Wildman–Crippen MR) is 60.1 cm³/mol. The van der Waals surface area contributed by atoms with Gasteiger partial charge in [0.2, 0.25) is 0 Å². The molecule has 0 atom stereocenters. The fourth-order valence-corrected chi connectivity index (χ4v) is 2.39. The second-order valence-corrected chi connectivity index (χ2v) is 4.50. The van der Waals surface area contributed by atoms with E-state index >= 15 is 0 Å². The number of hydrazine groups is 1. The smallest absolute Gasteiger partial charge is 0.307 e. The zero-order valence-electron chi connectivity index (χ0n) is 7.93. The quantitative estimate of drug-likeness (QED) is 0.602. The van der Waals surface area contributed by atoms with E-state index in [1.54, 1.807) is 4.57 Å². The molecular weight excluding hydrogens is 234 g/mol. The zero-order chi connectivity index (χ0) is 10.8. The normalized spacial score (nSPS) is 10.5. The van der Waals surface area contributed by atoms with Crippen LogP contribution in [0.2, 0.25) is 0 Å². The van der Waals surface area contributed by atoms with Crippen molar-refractivity contribution in [2.45, 2.75) is 13.5 Å². The molecule has 0 bridgehead atoms. The molecule has 0 aliphatic heterocycles. The van der Waals surface area contributed by atoms with Gasteiger partial charge in [0.25, 0.3) is 0 Å². The number of nitrogens with one attached hydrogen (secondary N) is 1. The molecule has 15 heavy (non-hydrogen) atoms. The summed E-state index contributed by atoms with van der Waals surface area (Å²) in [5, 5.41) is 6.42. The molecule has 8 heteroatoms. The Bertz CT molecular complexity index is 513. The van der Waals surface area contributed by atoms with E-state index in [0.29, 0.717) is 17.2 Å². The van der Waals surface area contributed by atoms with Crippen LogP contribution in [0.5, 0.6) is 0 Å². The van der Waals surface area contributed by atoms with Crippen molar-refractivity contribution in [3.8, 4) is 0 Å². The number of nitrogen functional groups attached to an aromatic ring is 1. The highest BCUT2D eigenvalue weighted by atomic mass is 32.1. The number of nitrogens with two attached hydrogens (primary N) is 1. The van der Waals surface area contributed by atoms with Crippen molar-refractivity contribution in [3.05, 3.63) is 26.4 Å².